The highest BCUT2D eigenvalue weighted by molar-refractivity contribution is 5.80. The van der Waals surface area contributed by atoms with Crippen molar-refractivity contribution in [2.45, 2.75) is 52.6 Å². The summed E-state index contributed by atoms with van der Waals surface area (Å²) in [7, 11) is 0. The molecule has 1 fully saturated rings. The fourth-order valence-corrected chi connectivity index (χ4v) is 2.38. The topological polar surface area (TPSA) is 59.9 Å². The molecule has 118 valence electrons. The minimum atomic E-state index is 0.190. The summed E-state index contributed by atoms with van der Waals surface area (Å²) in [5.74, 6) is 1.10. The van der Waals surface area contributed by atoms with E-state index in [1.807, 2.05) is 6.92 Å². The molecule has 0 saturated carbocycles. The molecule has 5 nitrogen and oxygen atoms in total. The van der Waals surface area contributed by atoms with Gasteiger partial charge in [0.15, 0.2) is 5.96 Å². The first-order valence-electron chi connectivity index (χ1n) is 7.96. The zero-order chi connectivity index (χ0) is 15.0. The van der Waals surface area contributed by atoms with Gasteiger partial charge in [0.2, 0.25) is 0 Å². The second kappa shape index (κ2) is 9.19. The summed E-state index contributed by atoms with van der Waals surface area (Å²) in [6.45, 7) is 12.6. The van der Waals surface area contributed by atoms with Crippen LogP contribution >= 0.6 is 0 Å². The van der Waals surface area contributed by atoms with Gasteiger partial charge >= 0.3 is 0 Å². The fraction of sp³-hybridized carbons (Fsp3) is 0.933. The maximum atomic E-state index is 9.06. The van der Waals surface area contributed by atoms with Crippen molar-refractivity contribution in [2.75, 3.05) is 32.8 Å². The van der Waals surface area contributed by atoms with E-state index in [0.29, 0.717) is 18.6 Å². The summed E-state index contributed by atoms with van der Waals surface area (Å²) in [6, 6.07) is 1.15. The van der Waals surface area contributed by atoms with Crippen molar-refractivity contribution in [2.24, 2.45) is 10.9 Å². The van der Waals surface area contributed by atoms with E-state index >= 15 is 0 Å². The van der Waals surface area contributed by atoms with E-state index < -0.39 is 0 Å². The predicted molar refractivity (Wildman–Crippen MR) is 85.1 cm³/mol. The average Bonchev–Trinajstić information content (AvgIpc) is 2.45. The highest BCUT2D eigenvalue weighted by atomic mass is 16.3. The lowest BCUT2D eigenvalue weighted by Gasteiger charge is -2.35. The van der Waals surface area contributed by atoms with E-state index in [9.17, 15) is 0 Å². The van der Waals surface area contributed by atoms with Crippen LogP contribution in [0.4, 0.5) is 0 Å². The Morgan fingerprint density at radius 2 is 1.95 bits per heavy atom. The van der Waals surface area contributed by atoms with Gasteiger partial charge in [-0.3, -0.25) is 4.99 Å². The monoisotopic (exact) mass is 284 g/mol. The number of aliphatic hydroxyl groups excluding tert-OH is 1. The lowest BCUT2D eigenvalue weighted by Crippen LogP contribution is -2.50. The third kappa shape index (κ3) is 6.09. The number of piperidine rings is 1. The Hall–Kier alpha value is -0.810. The highest BCUT2D eigenvalue weighted by Crippen LogP contribution is 2.12. The van der Waals surface area contributed by atoms with Crippen LogP contribution in [0.1, 0.15) is 40.5 Å². The first kappa shape index (κ1) is 17.2. The molecule has 5 heteroatoms. The van der Waals surface area contributed by atoms with Gasteiger partial charge in [-0.15, -0.1) is 0 Å². The van der Waals surface area contributed by atoms with Crippen LogP contribution in [0.15, 0.2) is 4.99 Å². The molecule has 0 aromatic carbocycles. The van der Waals surface area contributed by atoms with Gasteiger partial charge in [0.1, 0.15) is 0 Å². The molecule has 1 unspecified atom stereocenters. The second-order valence-corrected chi connectivity index (χ2v) is 6.06. The van der Waals surface area contributed by atoms with Gasteiger partial charge in [-0.2, -0.15) is 0 Å². The third-order valence-corrected chi connectivity index (χ3v) is 3.82. The Balaban J connectivity index is 2.42. The molecule has 0 bridgehead atoms. The van der Waals surface area contributed by atoms with Crippen molar-refractivity contribution in [1.82, 2.24) is 15.5 Å². The van der Waals surface area contributed by atoms with Crippen molar-refractivity contribution < 1.29 is 5.11 Å². The number of rotatable bonds is 6. The van der Waals surface area contributed by atoms with E-state index in [1.165, 1.54) is 0 Å². The Morgan fingerprint density at radius 1 is 1.30 bits per heavy atom. The maximum Gasteiger partial charge on any atom is 0.191 e. The Bertz CT molecular complexity index is 286. The summed E-state index contributed by atoms with van der Waals surface area (Å²) in [5, 5.41) is 15.9. The normalized spacial score (nSPS) is 20.2. The van der Waals surface area contributed by atoms with Crippen LogP contribution < -0.4 is 10.6 Å². The standard InChI is InChI=1S/C15H32N4O/c1-5-16-15(17-10-13(4)11-20)18-14-6-8-19(9-7-14)12(2)3/h12-14,20H,5-11H2,1-4H3,(H2,16,17,18). The zero-order valence-corrected chi connectivity index (χ0v) is 13.5. The van der Waals surface area contributed by atoms with Gasteiger partial charge in [0.25, 0.3) is 0 Å². The molecule has 1 heterocycles. The molecular weight excluding hydrogens is 252 g/mol. The van der Waals surface area contributed by atoms with E-state index in [1.54, 1.807) is 0 Å². The minimum Gasteiger partial charge on any atom is -0.396 e. The van der Waals surface area contributed by atoms with Gasteiger partial charge in [0, 0.05) is 44.9 Å². The summed E-state index contributed by atoms with van der Waals surface area (Å²) >= 11 is 0. The molecule has 1 rings (SSSR count). The summed E-state index contributed by atoms with van der Waals surface area (Å²) in [5.41, 5.74) is 0. The predicted octanol–water partition coefficient (Wildman–Crippen LogP) is 1.04. The van der Waals surface area contributed by atoms with Crippen molar-refractivity contribution in [3.05, 3.63) is 0 Å². The summed E-state index contributed by atoms with van der Waals surface area (Å²) in [4.78, 5) is 7.08. The molecule has 0 amide bonds. The number of hydrogen-bond donors (Lipinski definition) is 3. The van der Waals surface area contributed by atoms with E-state index in [-0.39, 0.29) is 12.5 Å². The van der Waals surface area contributed by atoms with Crippen LogP contribution in [-0.4, -0.2) is 60.8 Å². The number of likely N-dealkylation sites (tertiary alicyclic amines) is 1. The largest absolute Gasteiger partial charge is 0.396 e. The van der Waals surface area contributed by atoms with E-state index in [2.05, 4.69) is 41.3 Å². The fourth-order valence-electron chi connectivity index (χ4n) is 2.38. The van der Waals surface area contributed by atoms with Crippen LogP contribution in [0.3, 0.4) is 0 Å². The maximum absolute atomic E-state index is 9.06. The van der Waals surface area contributed by atoms with Crippen LogP contribution in [0, 0.1) is 5.92 Å². The van der Waals surface area contributed by atoms with Crippen LogP contribution in [-0.2, 0) is 0 Å². The molecule has 0 aromatic rings. The molecular formula is C15H32N4O. The number of guanidine groups is 1. The van der Waals surface area contributed by atoms with E-state index in [4.69, 9.17) is 5.11 Å². The van der Waals surface area contributed by atoms with Crippen LogP contribution in [0.2, 0.25) is 0 Å². The second-order valence-electron chi connectivity index (χ2n) is 6.06. The van der Waals surface area contributed by atoms with Crippen molar-refractivity contribution >= 4 is 5.96 Å². The Kier molecular flexibility index (Phi) is 7.92. The van der Waals surface area contributed by atoms with Crippen LogP contribution in [0.5, 0.6) is 0 Å². The SMILES string of the molecule is CCNC(=NCC(C)CO)NC1CCN(C(C)C)CC1. The third-order valence-electron chi connectivity index (χ3n) is 3.82. The number of nitrogens with zero attached hydrogens (tertiary/aromatic N) is 2. The quantitative estimate of drug-likeness (QED) is 0.504. The Labute approximate surface area is 123 Å². The molecule has 3 N–H and O–H groups in total. The van der Waals surface area contributed by atoms with Crippen molar-refractivity contribution in [3.8, 4) is 0 Å². The molecule has 1 aliphatic rings. The average molecular weight is 284 g/mol. The highest BCUT2D eigenvalue weighted by Gasteiger charge is 2.21. The molecule has 0 aromatic heterocycles. The van der Waals surface area contributed by atoms with Gasteiger partial charge in [-0.25, -0.2) is 0 Å². The molecule has 0 radical (unpaired) electrons. The molecule has 20 heavy (non-hydrogen) atoms. The first-order chi connectivity index (χ1) is 9.56. The van der Waals surface area contributed by atoms with Gasteiger partial charge in [0.05, 0.1) is 0 Å². The number of aliphatic hydroxyl groups is 1. The molecule has 1 atom stereocenters. The lowest BCUT2D eigenvalue weighted by molar-refractivity contribution is 0.167. The van der Waals surface area contributed by atoms with Gasteiger partial charge in [-0.05, 0) is 39.5 Å². The first-order valence-corrected chi connectivity index (χ1v) is 7.96. The molecule has 0 spiro atoms. The molecule has 1 aliphatic heterocycles. The van der Waals surface area contributed by atoms with Gasteiger partial charge < -0.3 is 20.6 Å². The lowest BCUT2D eigenvalue weighted by atomic mass is 10.0. The van der Waals surface area contributed by atoms with E-state index in [0.717, 1.165) is 38.4 Å². The summed E-state index contributed by atoms with van der Waals surface area (Å²) < 4.78 is 0. The van der Waals surface area contributed by atoms with Gasteiger partial charge in [-0.1, -0.05) is 6.92 Å². The number of hydrogen-bond acceptors (Lipinski definition) is 3. The van der Waals surface area contributed by atoms with Crippen molar-refractivity contribution in [1.29, 1.82) is 0 Å². The van der Waals surface area contributed by atoms with Crippen molar-refractivity contribution in [3.63, 3.8) is 0 Å². The zero-order valence-electron chi connectivity index (χ0n) is 13.5. The molecule has 1 saturated heterocycles. The smallest absolute Gasteiger partial charge is 0.191 e. The summed E-state index contributed by atoms with van der Waals surface area (Å²) in [6.07, 6.45) is 2.33. The minimum absolute atomic E-state index is 0.190. The number of aliphatic imine (C=N–C) groups is 1. The molecule has 0 aliphatic carbocycles. The Morgan fingerprint density at radius 3 is 2.45 bits per heavy atom. The van der Waals surface area contributed by atoms with Crippen LogP contribution in [0.25, 0.3) is 0 Å². The number of nitrogens with one attached hydrogen (secondary N) is 2.